The highest BCUT2D eigenvalue weighted by atomic mass is 32.2. The number of hydrogen-bond donors (Lipinski definition) is 2. The Kier molecular flexibility index (Phi) is 6.22. The van der Waals surface area contributed by atoms with Gasteiger partial charge in [-0.15, -0.1) is 11.3 Å². The highest BCUT2D eigenvalue weighted by Gasteiger charge is 2.27. The first-order valence-corrected chi connectivity index (χ1v) is 10.1. The predicted octanol–water partition coefficient (Wildman–Crippen LogP) is 3.10. The lowest BCUT2D eigenvalue weighted by Crippen LogP contribution is -2.40. The van der Waals surface area contributed by atoms with E-state index in [2.05, 4.69) is 17.0 Å². The van der Waals surface area contributed by atoms with E-state index in [4.69, 9.17) is 0 Å². The first kappa shape index (κ1) is 16.9. The van der Waals surface area contributed by atoms with Crippen LogP contribution in [-0.4, -0.2) is 21.5 Å². The number of rotatable bonds is 7. The molecule has 0 spiro atoms. The second-order valence-corrected chi connectivity index (χ2v) is 8.89. The molecule has 1 unspecified atom stereocenters. The van der Waals surface area contributed by atoms with Gasteiger partial charge < -0.3 is 5.32 Å². The maximum atomic E-state index is 12.5. The van der Waals surface area contributed by atoms with Crippen LogP contribution in [0, 0.1) is 5.92 Å². The van der Waals surface area contributed by atoms with E-state index in [-0.39, 0.29) is 6.04 Å². The highest BCUT2D eigenvalue weighted by molar-refractivity contribution is 7.91. The number of hydrogen-bond acceptors (Lipinski definition) is 4. The quantitative estimate of drug-likeness (QED) is 0.807. The molecule has 0 bridgehead atoms. The lowest BCUT2D eigenvalue weighted by molar-refractivity contribution is 0.285. The van der Waals surface area contributed by atoms with Crippen molar-refractivity contribution in [3.05, 3.63) is 17.0 Å². The third-order valence-corrected chi connectivity index (χ3v) is 7.29. The molecule has 2 rings (SSSR count). The minimum atomic E-state index is -3.38. The summed E-state index contributed by atoms with van der Waals surface area (Å²) in [6.45, 7) is 2.78. The van der Waals surface area contributed by atoms with Crippen molar-refractivity contribution >= 4 is 21.4 Å². The van der Waals surface area contributed by atoms with Gasteiger partial charge in [0.15, 0.2) is 0 Å². The van der Waals surface area contributed by atoms with Crippen LogP contribution in [0.25, 0.3) is 0 Å². The fourth-order valence-electron chi connectivity index (χ4n) is 3.08. The molecule has 1 aromatic rings. The molecule has 1 saturated carbocycles. The van der Waals surface area contributed by atoms with Crippen molar-refractivity contribution in [1.82, 2.24) is 10.0 Å². The van der Waals surface area contributed by atoms with E-state index >= 15 is 0 Å². The van der Waals surface area contributed by atoms with E-state index in [1.54, 1.807) is 6.07 Å². The smallest absolute Gasteiger partial charge is 0.250 e. The Labute approximate surface area is 132 Å². The van der Waals surface area contributed by atoms with Crippen molar-refractivity contribution in [2.24, 2.45) is 5.92 Å². The lowest BCUT2D eigenvalue weighted by atomic mass is 9.83. The second kappa shape index (κ2) is 7.72. The van der Waals surface area contributed by atoms with Crippen LogP contribution in [0.1, 0.15) is 50.3 Å². The van der Waals surface area contributed by atoms with Gasteiger partial charge in [-0.1, -0.05) is 26.2 Å². The van der Waals surface area contributed by atoms with Crippen molar-refractivity contribution in [1.29, 1.82) is 0 Å². The zero-order valence-electron chi connectivity index (χ0n) is 12.9. The normalized spacial score (nSPS) is 18.8. The van der Waals surface area contributed by atoms with Crippen molar-refractivity contribution < 1.29 is 8.42 Å². The fraction of sp³-hybridized carbons (Fsp3) is 0.733. The van der Waals surface area contributed by atoms with Crippen LogP contribution in [0.4, 0.5) is 0 Å². The molecule has 6 heteroatoms. The highest BCUT2D eigenvalue weighted by Crippen LogP contribution is 2.29. The molecule has 0 aromatic carbocycles. The molecule has 0 aliphatic heterocycles. The summed E-state index contributed by atoms with van der Waals surface area (Å²) in [4.78, 5) is 1.04. The van der Waals surface area contributed by atoms with Gasteiger partial charge in [-0.3, -0.25) is 0 Å². The fourth-order valence-corrected chi connectivity index (χ4v) is 5.85. The van der Waals surface area contributed by atoms with Crippen LogP contribution < -0.4 is 10.0 Å². The molecule has 1 heterocycles. The van der Waals surface area contributed by atoms with Crippen LogP contribution in [0.3, 0.4) is 0 Å². The molecular weight excluding hydrogens is 304 g/mol. The summed E-state index contributed by atoms with van der Waals surface area (Å²) in [7, 11) is -1.51. The molecule has 0 saturated heterocycles. The summed E-state index contributed by atoms with van der Waals surface area (Å²) in [5, 5.41) is 3.05. The Morgan fingerprint density at radius 3 is 2.62 bits per heavy atom. The molecule has 0 radical (unpaired) electrons. The zero-order valence-corrected chi connectivity index (χ0v) is 14.5. The molecule has 2 N–H and O–H groups in total. The first-order chi connectivity index (χ1) is 10.1. The molecule has 4 nitrogen and oxygen atoms in total. The van der Waals surface area contributed by atoms with Crippen molar-refractivity contribution in [3.8, 4) is 0 Å². The number of nitrogens with one attached hydrogen (secondary N) is 2. The Morgan fingerprint density at radius 2 is 2.00 bits per heavy atom. The largest absolute Gasteiger partial charge is 0.315 e. The van der Waals surface area contributed by atoms with Crippen molar-refractivity contribution in [2.75, 3.05) is 7.05 Å². The SMILES string of the molecule is CCC(NS(=O)(=O)c1ccc(CNC)s1)C1CCCCC1. The maximum absolute atomic E-state index is 12.5. The minimum Gasteiger partial charge on any atom is -0.315 e. The van der Waals surface area contributed by atoms with Crippen LogP contribution in [0.2, 0.25) is 0 Å². The Bertz CT molecular complexity index is 534. The van der Waals surface area contributed by atoms with Gasteiger partial charge in [0.05, 0.1) is 0 Å². The van der Waals surface area contributed by atoms with Crippen molar-refractivity contribution in [3.63, 3.8) is 0 Å². The number of sulfonamides is 1. The van der Waals surface area contributed by atoms with E-state index in [9.17, 15) is 8.42 Å². The predicted molar refractivity (Wildman–Crippen MR) is 88.1 cm³/mol. The van der Waals surface area contributed by atoms with E-state index in [0.29, 0.717) is 16.7 Å². The average molecular weight is 331 g/mol. The topological polar surface area (TPSA) is 58.2 Å². The van der Waals surface area contributed by atoms with E-state index < -0.39 is 10.0 Å². The Hall–Kier alpha value is -0.430. The summed E-state index contributed by atoms with van der Waals surface area (Å²) in [6.07, 6.45) is 6.91. The lowest BCUT2D eigenvalue weighted by Gasteiger charge is -2.29. The first-order valence-electron chi connectivity index (χ1n) is 7.82. The van der Waals surface area contributed by atoms with Gasteiger partial charge in [0.2, 0.25) is 10.0 Å². The Balaban J connectivity index is 2.06. The van der Waals surface area contributed by atoms with Crippen LogP contribution >= 0.6 is 11.3 Å². The number of thiophene rings is 1. The van der Waals surface area contributed by atoms with Gasteiger partial charge in [0.25, 0.3) is 0 Å². The average Bonchev–Trinajstić information content (AvgIpc) is 2.96. The van der Waals surface area contributed by atoms with Crippen LogP contribution in [0.15, 0.2) is 16.3 Å². The van der Waals surface area contributed by atoms with Gasteiger partial charge in [0, 0.05) is 17.5 Å². The molecule has 1 aliphatic carbocycles. The van der Waals surface area contributed by atoms with Gasteiger partial charge in [-0.05, 0) is 44.4 Å². The summed E-state index contributed by atoms with van der Waals surface area (Å²) in [5.74, 6) is 0.496. The molecule has 1 fully saturated rings. The van der Waals surface area contributed by atoms with Crippen molar-refractivity contribution in [2.45, 2.75) is 62.2 Å². The molecular formula is C15H26N2O2S2. The summed E-state index contributed by atoms with van der Waals surface area (Å²) in [6, 6.07) is 3.68. The van der Waals surface area contributed by atoms with Gasteiger partial charge in [0.1, 0.15) is 4.21 Å². The molecule has 0 amide bonds. The standard InChI is InChI=1S/C15H26N2O2S2/c1-3-14(12-7-5-4-6-8-12)17-21(18,19)15-10-9-13(20-15)11-16-2/h9-10,12,14,16-17H,3-8,11H2,1-2H3. The Morgan fingerprint density at radius 1 is 1.29 bits per heavy atom. The zero-order chi connectivity index (χ0) is 15.3. The van der Waals surface area contributed by atoms with E-state index in [1.165, 1.54) is 30.6 Å². The van der Waals surface area contributed by atoms with E-state index in [0.717, 1.165) is 24.1 Å². The van der Waals surface area contributed by atoms with Gasteiger partial charge in [-0.25, -0.2) is 13.1 Å². The second-order valence-electron chi connectivity index (χ2n) is 5.79. The van der Waals surface area contributed by atoms with Gasteiger partial charge in [-0.2, -0.15) is 0 Å². The monoisotopic (exact) mass is 330 g/mol. The maximum Gasteiger partial charge on any atom is 0.250 e. The molecule has 1 atom stereocenters. The van der Waals surface area contributed by atoms with Gasteiger partial charge >= 0.3 is 0 Å². The minimum absolute atomic E-state index is 0.0742. The van der Waals surface area contributed by atoms with Crippen LogP contribution in [-0.2, 0) is 16.6 Å². The van der Waals surface area contributed by atoms with Crippen LogP contribution in [0.5, 0.6) is 0 Å². The third-order valence-electron chi connectivity index (χ3n) is 4.22. The molecule has 1 aliphatic rings. The molecule has 21 heavy (non-hydrogen) atoms. The summed E-state index contributed by atoms with van der Waals surface area (Å²) >= 11 is 1.35. The molecule has 1 aromatic heterocycles. The molecule has 120 valence electrons. The van der Waals surface area contributed by atoms with E-state index in [1.807, 2.05) is 13.1 Å². The summed E-state index contributed by atoms with van der Waals surface area (Å²) in [5.41, 5.74) is 0. The summed E-state index contributed by atoms with van der Waals surface area (Å²) < 4.78 is 28.5. The third kappa shape index (κ3) is 4.52.